The highest BCUT2D eigenvalue weighted by Gasteiger charge is 1.89. The molecule has 0 bridgehead atoms. The van der Waals surface area contributed by atoms with E-state index in [9.17, 15) is 0 Å². The Balaban J connectivity index is 0.000000384. The predicted octanol–water partition coefficient (Wildman–Crippen LogP) is 4.58. The highest BCUT2D eigenvalue weighted by molar-refractivity contribution is 5.63. The number of allylic oxidation sites excluding steroid dienone is 1. The molecule has 0 saturated carbocycles. The first-order valence-electron chi connectivity index (χ1n) is 9.39. The van der Waals surface area contributed by atoms with E-state index in [2.05, 4.69) is 61.8 Å². The third-order valence-electron chi connectivity index (χ3n) is 3.42. The van der Waals surface area contributed by atoms with Gasteiger partial charge in [-0.3, -0.25) is 0 Å². The maximum atomic E-state index is 5.17. The first kappa shape index (κ1) is 24.5. The van der Waals surface area contributed by atoms with Crippen LogP contribution in [-0.2, 0) is 0 Å². The van der Waals surface area contributed by atoms with Gasteiger partial charge in [-0.05, 0) is 23.1 Å². The average molecular weight is 366 g/mol. The molecule has 0 saturated heterocycles. The molecule has 2 rings (SSSR count). The van der Waals surface area contributed by atoms with Crippen molar-refractivity contribution in [2.24, 2.45) is 11.5 Å². The zero-order valence-corrected chi connectivity index (χ0v) is 16.6. The zero-order valence-electron chi connectivity index (χ0n) is 16.6. The molecule has 0 aliphatic carbocycles. The Kier molecular flexibility index (Phi) is 16.7. The van der Waals surface area contributed by atoms with Crippen LogP contribution in [0.5, 0.6) is 0 Å². The number of hydrogen-bond donors (Lipinski definition) is 3. The molecule has 27 heavy (non-hydrogen) atoms. The Labute approximate surface area is 165 Å². The van der Waals surface area contributed by atoms with Crippen molar-refractivity contribution in [2.45, 2.75) is 13.3 Å². The van der Waals surface area contributed by atoms with E-state index in [1.54, 1.807) is 0 Å². The summed E-state index contributed by atoms with van der Waals surface area (Å²) < 4.78 is 0. The molecule has 0 aliphatic rings. The van der Waals surface area contributed by atoms with E-state index in [0.717, 1.165) is 30.6 Å². The number of hydrogen-bond acceptors (Lipinski definition) is 3. The quantitative estimate of drug-likeness (QED) is 0.600. The molecule has 0 fully saturated rings. The lowest BCUT2D eigenvalue weighted by atomic mass is 10.1. The minimum absolute atomic E-state index is 0.694. The molecule has 0 heterocycles. The zero-order chi connectivity index (χ0) is 20.2. The van der Waals surface area contributed by atoms with Crippen LogP contribution in [0.2, 0.25) is 0 Å². The Morgan fingerprint density at radius 3 is 1.70 bits per heavy atom. The molecule has 2 aromatic carbocycles. The van der Waals surface area contributed by atoms with E-state index in [1.165, 1.54) is 5.56 Å². The lowest BCUT2D eigenvalue weighted by molar-refractivity contribution is 0.696. The molecule has 146 valence electrons. The van der Waals surface area contributed by atoms with E-state index >= 15 is 0 Å². The van der Waals surface area contributed by atoms with Crippen LogP contribution in [-0.4, -0.2) is 26.2 Å². The van der Waals surface area contributed by atoms with Crippen LogP contribution in [0.15, 0.2) is 73.8 Å². The Hall–Kier alpha value is -2.46. The summed E-state index contributed by atoms with van der Waals surface area (Å²) in [6, 6.07) is 18.4. The maximum Gasteiger partial charge on any atom is 0.00750 e. The number of nitrogens with two attached hydrogens (primary N) is 2. The number of rotatable bonds is 8. The summed E-state index contributed by atoms with van der Waals surface area (Å²) in [4.78, 5) is 0. The topological polar surface area (TPSA) is 64.1 Å². The third kappa shape index (κ3) is 13.4. The van der Waals surface area contributed by atoms with Gasteiger partial charge in [-0.15, -0.1) is 0 Å². The molecule has 0 radical (unpaired) electrons. The molecule has 2 aromatic rings. The van der Waals surface area contributed by atoms with Gasteiger partial charge in [0.1, 0.15) is 0 Å². The summed E-state index contributed by atoms with van der Waals surface area (Å²) in [5.41, 5.74) is 13.9. The smallest absolute Gasteiger partial charge is 0.00750 e. The van der Waals surface area contributed by atoms with Crippen LogP contribution in [0.25, 0.3) is 18.2 Å². The molecule has 0 aromatic heterocycles. The fraction of sp³-hybridized carbons (Fsp3) is 0.250. The highest BCUT2D eigenvalue weighted by Crippen LogP contribution is 2.10. The second-order valence-corrected chi connectivity index (χ2v) is 5.59. The second-order valence-electron chi connectivity index (χ2n) is 5.59. The van der Waals surface area contributed by atoms with Crippen LogP contribution in [0.3, 0.4) is 0 Å². The summed E-state index contributed by atoms with van der Waals surface area (Å²) in [6.07, 6.45) is 9.07. The second kappa shape index (κ2) is 18.3. The van der Waals surface area contributed by atoms with Crippen LogP contribution in [0, 0.1) is 0 Å². The van der Waals surface area contributed by atoms with Gasteiger partial charge < -0.3 is 16.8 Å². The first-order valence-corrected chi connectivity index (χ1v) is 9.39. The fourth-order valence-corrected chi connectivity index (χ4v) is 2.03. The Bertz CT molecular complexity index is 602. The van der Waals surface area contributed by atoms with Gasteiger partial charge in [0.05, 0.1) is 0 Å². The van der Waals surface area contributed by atoms with Crippen LogP contribution in [0.4, 0.5) is 0 Å². The molecule has 3 nitrogen and oxygen atoms in total. The normalized spacial score (nSPS) is 9.59. The van der Waals surface area contributed by atoms with E-state index < -0.39 is 0 Å². The van der Waals surface area contributed by atoms with E-state index in [0.29, 0.717) is 13.1 Å². The molecule has 5 N–H and O–H groups in total. The van der Waals surface area contributed by atoms with Crippen molar-refractivity contribution in [1.29, 1.82) is 0 Å². The summed E-state index contributed by atoms with van der Waals surface area (Å²) >= 11 is 0. The minimum Gasteiger partial charge on any atom is -0.329 e. The van der Waals surface area contributed by atoms with Crippen molar-refractivity contribution >= 4 is 18.2 Å². The van der Waals surface area contributed by atoms with Gasteiger partial charge in [0.2, 0.25) is 0 Å². The predicted molar refractivity (Wildman–Crippen MR) is 123 cm³/mol. The van der Waals surface area contributed by atoms with Gasteiger partial charge in [0.15, 0.2) is 0 Å². The van der Waals surface area contributed by atoms with Gasteiger partial charge >= 0.3 is 0 Å². The highest BCUT2D eigenvalue weighted by atomic mass is 14.9. The van der Waals surface area contributed by atoms with Gasteiger partial charge in [0.25, 0.3) is 0 Å². The van der Waals surface area contributed by atoms with Crippen LogP contribution < -0.4 is 16.8 Å². The summed E-state index contributed by atoms with van der Waals surface area (Å²) in [6.45, 7) is 12.7. The van der Waals surface area contributed by atoms with Crippen LogP contribution in [0.1, 0.15) is 30.0 Å². The first-order chi connectivity index (χ1) is 13.2. The third-order valence-corrected chi connectivity index (χ3v) is 3.42. The van der Waals surface area contributed by atoms with Crippen molar-refractivity contribution in [3.05, 3.63) is 90.5 Å². The SMILES string of the molecule is C=Cc1ccccc1C=C.CCC=Cc1ccccc1.NCCNCCN. The largest absolute Gasteiger partial charge is 0.329 e. The van der Waals surface area contributed by atoms with Crippen molar-refractivity contribution < 1.29 is 0 Å². The van der Waals surface area contributed by atoms with Crippen molar-refractivity contribution in [3.63, 3.8) is 0 Å². The molecule has 0 atom stereocenters. The molecule has 3 heteroatoms. The molecular weight excluding hydrogens is 330 g/mol. The van der Waals surface area contributed by atoms with E-state index in [-0.39, 0.29) is 0 Å². The summed E-state index contributed by atoms with van der Waals surface area (Å²) in [5, 5.41) is 3.03. The fourth-order valence-electron chi connectivity index (χ4n) is 2.03. The van der Waals surface area contributed by atoms with Crippen molar-refractivity contribution in [3.8, 4) is 0 Å². The Morgan fingerprint density at radius 2 is 1.30 bits per heavy atom. The molecule has 0 amide bonds. The lowest BCUT2D eigenvalue weighted by Crippen LogP contribution is -2.27. The average Bonchev–Trinajstić information content (AvgIpc) is 2.74. The number of benzene rings is 2. The van der Waals surface area contributed by atoms with E-state index in [4.69, 9.17) is 11.5 Å². The van der Waals surface area contributed by atoms with Crippen molar-refractivity contribution in [2.75, 3.05) is 26.2 Å². The standard InChI is InChI=1S/C10H10.C10H12.C4H13N3/c1-3-9-7-5-6-8-10(9)4-2;1-2-3-7-10-8-5-4-6-9-10;5-1-3-7-4-2-6/h3-8H,1-2H2;3-9H,2H2,1H3;7H,1-6H2. The molecular formula is C24H35N3. The van der Waals surface area contributed by atoms with Gasteiger partial charge in [0, 0.05) is 26.2 Å². The van der Waals surface area contributed by atoms with Crippen LogP contribution >= 0.6 is 0 Å². The summed E-state index contributed by atoms with van der Waals surface area (Å²) in [7, 11) is 0. The summed E-state index contributed by atoms with van der Waals surface area (Å²) in [5.74, 6) is 0. The molecule has 0 spiro atoms. The Morgan fingerprint density at radius 1 is 0.815 bits per heavy atom. The van der Waals surface area contributed by atoms with Crippen molar-refractivity contribution in [1.82, 2.24) is 5.32 Å². The minimum atomic E-state index is 0.694. The van der Waals surface area contributed by atoms with Gasteiger partial charge in [-0.2, -0.15) is 0 Å². The van der Waals surface area contributed by atoms with Gasteiger partial charge in [-0.1, -0.05) is 99.0 Å². The molecule has 0 unspecified atom stereocenters. The maximum absolute atomic E-state index is 5.17. The number of nitrogens with one attached hydrogen (secondary N) is 1. The monoisotopic (exact) mass is 365 g/mol. The molecule has 0 aliphatic heterocycles. The lowest BCUT2D eigenvalue weighted by Gasteiger charge is -1.96. The van der Waals surface area contributed by atoms with Gasteiger partial charge in [-0.25, -0.2) is 0 Å². The van der Waals surface area contributed by atoms with E-state index in [1.807, 2.05) is 42.5 Å².